The Morgan fingerprint density at radius 2 is 1.84 bits per heavy atom. The minimum atomic E-state index is -3.75. The molecule has 8 heteroatoms. The summed E-state index contributed by atoms with van der Waals surface area (Å²) in [5.74, 6) is 0.260. The fourth-order valence-corrected chi connectivity index (χ4v) is 3.43. The minimum absolute atomic E-state index is 0.0993. The van der Waals surface area contributed by atoms with E-state index in [9.17, 15) is 13.2 Å². The van der Waals surface area contributed by atoms with Crippen LogP contribution in [-0.2, 0) is 14.8 Å². The van der Waals surface area contributed by atoms with Gasteiger partial charge in [-0.1, -0.05) is 11.6 Å². The summed E-state index contributed by atoms with van der Waals surface area (Å²) in [7, 11) is -3.75. The van der Waals surface area contributed by atoms with E-state index in [1.807, 2.05) is 0 Å². The number of amides is 1. The van der Waals surface area contributed by atoms with Crippen LogP contribution in [0.1, 0.15) is 13.8 Å². The molecule has 1 aliphatic rings. The van der Waals surface area contributed by atoms with Gasteiger partial charge < -0.3 is 10.1 Å². The Hall–Kier alpha value is -2.25. The molecule has 0 spiro atoms. The number of fused-ring (bicyclic) bond motifs is 1. The number of carbonyl (C=O) groups excluding carboxylic acids is 1. The average Bonchev–Trinajstić information content (AvgIpc) is 2.65. The largest absolute Gasteiger partial charge is 0.490 e. The van der Waals surface area contributed by atoms with Gasteiger partial charge in [0.15, 0.2) is 0 Å². The Balaban J connectivity index is 1.87. The van der Waals surface area contributed by atoms with Crippen LogP contribution in [0.2, 0.25) is 5.02 Å². The molecule has 1 amide bonds. The number of benzene rings is 2. The monoisotopic (exact) mass is 380 g/mol. The topological polar surface area (TPSA) is 84.5 Å². The highest BCUT2D eigenvalue weighted by atomic mass is 35.5. The standard InChI is InChI=1S/C17H17ClN2O4S/c1-17(2)10-24-15-9-12(5-8-14(15)19-16(17)21)20-25(22,23)13-6-3-11(18)4-7-13/h3-9,20H,10H2,1-2H3,(H,19,21). The smallest absolute Gasteiger partial charge is 0.261 e. The number of anilines is 2. The maximum absolute atomic E-state index is 12.4. The van der Waals surface area contributed by atoms with Crippen molar-refractivity contribution < 1.29 is 17.9 Å². The number of halogens is 1. The molecule has 2 N–H and O–H groups in total. The molecule has 0 radical (unpaired) electrons. The predicted molar refractivity (Wildman–Crippen MR) is 96.6 cm³/mol. The van der Waals surface area contributed by atoms with Crippen LogP contribution in [0.4, 0.5) is 11.4 Å². The van der Waals surface area contributed by atoms with Crippen molar-refractivity contribution in [3.05, 3.63) is 47.5 Å². The van der Waals surface area contributed by atoms with Gasteiger partial charge in [-0.15, -0.1) is 0 Å². The van der Waals surface area contributed by atoms with Crippen LogP contribution in [0.3, 0.4) is 0 Å². The summed E-state index contributed by atoms with van der Waals surface area (Å²) < 4.78 is 33.0. The summed E-state index contributed by atoms with van der Waals surface area (Å²) in [5, 5.41) is 3.24. The SMILES string of the molecule is CC1(C)COc2cc(NS(=O)(=O)c3ccc(Cl)cc3)ccc2NC1=O. The van der Waals surface area contributed by atoms with E-state index in [4.69, 9.17) is 16.3 Å². The van der Waals surface area contributed by atoms with Gasteiger partial charge >= 0.3 is 0 Å². The zero-order valence-electron chi connectivity index (χ0n) is 13.7. The third-order valence-electron chi connectivity index (χ3n) is 3.81. The summed E-state index contributed by atoms with van der Waals surface area (Å²) in [6, 6.07) is 10.6. The molecular formula is C17H17ClN2O4S. The van der Waals surface area contributed by atoms with Crippen molar-refractivity contribution in [3.63, 3.8) is 0 Å². The second-order valence-electron chi connectivity index (χ2n) is 6.40. The highest BCUT2D eigenvalue weighted by Crippen LogP contribution is 2.34. The van der Waals surface area contributed by atoms with E-state index < -0.39 is 15.4 Å². The number of sulfonamides is 1. The molecule has 3 rings (SSSR count). The first-order valence-corrected chi connectivity index (χ1v) is 9.40. The summed E-state index contributed by atoms with van der Waals surface area (Å²) in [4.78, 5) is 12.2. The van der Waals surface area contributed by atoms with Gasteiger partial charge in [0.05, 0.1) is 21.7 Å². The second-order valence-corrected chi connectivity index (χ2v) is 8.52. The van der Waals surface area contributed by atoms with E-state index in [1.54, 1.807) is 32.0 Å². The van der Waals surface area contributed by atoms with E-state index in [0.29, 0.717) is 22.1 Å². The normalized spacial score (nSPS) is 16.2. The zero-order chi connectivity index (χ0) is 18.2. The van der Waals surface area contributed by atoms with E-state index >= 15 is 0 Å². The predicted octanol–water partition coefficient (Wildman–Crippen LogP) is 3.50. The molecule has 2 aromatic rings. The van der Waals surface area contributed by atoms with Crippen molar-refractivity contribution in [2.75, 3.05) is 16.6 Å². The van der Waals surface area contributed by atoms with Crippen molar-refractivity contribution in [2.45, 2.75) is 18.7 Å². The minimum Gasteiger partial charge on any atom is -0.490 e. The van der Waals surface area contributed by atoms with E-state index in [-0.39, 0.29) is 17.4 Å². The zero-order valence-corrected chi connectivity index (χ0v) is 15.2. The molecule has 2 aromatic carbocycles. The second kappa shape index (κ2) is 6.24. The first-order valence-electron chi connectivity index (χ1n) is 7.54. The molecule has 0 bridgehead atoms. The van der Waals surface area contributed by atoms with Crippen molar-refractivity contribution in [1.29, 1.82) is 0 Å². The molecule has 1 aliphatic heterocycles. The lowest BCUT2D eigenvalue weighted by Gasteiger charge is -2.18. The Morgan fingerprint density at radius 3 is 2.52 bits per heavy atom. The molecule has 0 saturated carbocycles. The van der Waals surface area contributed by atoms with Crippen LogP contribution in [0.15, 0.2) is 47.4 Å². The molecule has 0 unspecified atom stereocenters. The van der Waals surface area contributed by atoms with Crippen molar-refractivity contribution in [1.82, 2.24) is 0 Å². The van der Waals surface area contributed by atoms with Gasteiger partial charge in [-0.05, 0) is 50.2 Å². The van der Waals surface area contributed by atoms with Crippen LogP contribution in [-0.4, -0.2) is 20.9 Å². The van der Waals surface area contributed by atoms with Crippen LogP contribution in [0, 0.1) is 5.41 Å². The highest BCUT2D eigenvalue weighted by molar-refractivity contribution is 7.92. The highest BCUT2D eigenvalue weighted by Gasteiger charge is 2.32. The molecule has 6 nitrogen and oxygen atoms in total. The van der Waals surface area contributed by atoms with Gasteiger partial charge in [-0.25, -0.2) is 8.42 Å². The van der Waals surface area contributed by atoms with Gasteiger partial charge in [-0.3, -0.25) is 9.52 Å². The van der Waals surface area contributed by atoms with Gasteiger partial charge in [0.2, 0.25) is 5.91 Å². The fourth-order valence-electron chi connectivity index (χ4n) is 2.25. The van der Waals surface area contributed by atoms with Crippen LogP contribution >= 0.6 is 11.6 Å². The summed E-state index contributed by atoms with van der Waals surface area (Å²) in [6.45, 7) is 3.75. The number of ether oxygens (including phenoxy) is 1. The molecule has 1 heterocycles. The Bertz CT molecular complexity index is 924. The number of rotatable bonds is 3. The van der Waals surface area contributed by atoms with Crippen LogP contribution < -0.4 is 14.8 Å². The molecule has 132 valence electrons. The lowest BCUT2D eigenvalue weighted by molar-refractivity contribution is -0.124. The van der Waals surface area contributed by atoms with Crippen molar-refractivity contribution in [2.24, 2.45) is 5.41 Å². The first kappa shape index (κ1) is 17.6. The number of carbonyl (C=O) groups is 1. The lowest BCUT2D eigenvalue weighted by Crippen LogP contribution is -2.33. The fraction of sp³-hybridized carbons (Fsp3) is 0.235. The molecular weight excluding hydrogens is 364 g/mol. The molecule has 0 aliphatic carbocycles. The van der Waals surface area contributed by atoms with Crippen molar-refractivity contribution in [3.8, 4) is 5.75 Å². The summed E-state index contributed by atoms with van der Waals surface area (Å²) in [5.41, 5.74) is 0.162. The molecule has 0 saturated heterocycles. The number of hydrogen-bond acceptors (Lipinski definition) is 4. The van der Waals surface area contributed by atoms with E-state index in [0.717, 1.165) is 0 Å². The third-order valence-corrected chi connectivity index (χ3v) is 5.46. The Morgan fingerprint density at radius 1 is 1.16 bits per heavy atom. The molecule has 0 atom stereocenters. The first-order chi connectivity index (χ1) is 11.7. The van der Waals surface area contributed by atoms with Gasteiger partial charge in [0.1, 0.15) is 12.4 Å². The Kier molecular flexibility index (Phi) is 4.38. The third kappa shape index (κ3) is 3.72. The van der Waals surface area contributed by atoms with E-state index in [1.165, 1.54) is 24.3 Å². The molecule has 0 fully saturated rings. The summed E-state index contributed by atoms with van der Waals surface area (Å²) in [6.07, 6.45) is 0. The van der Waals surface area contributed by atoms with Crippen molar-refractivity contribution >= 4 is 38.9 Å². The lowest BCUT2D eigenvalue weighted by atomic mass is 9.94. The maximum Gasteiger partial charge on any atom is 0.261 e. The van der Waals surface area contributed by atoms with Gasteiger partial charge in [0.25, 0.3) is 10.0 Å². The van der Waals surface area contributed by atoms with E-state index in [2.05, 4.69) is 10.0 Å². The summed E-state index contributed by atoms with van der Waals surface area (Å²) >= 11 is 5.79. The van der Waals surface area contributed by atoms with Crippen LogP contribution in [0.25, 0.3) is 0 Å². The quantitative estimate of drug-likeness (QED) is 0.853. The molecule has 0 aromatic heterocycles. The van der Waals surface area contributed by atoms with Gasteiger partial charge in [0, 0.05) is 11.1 Å². The molecule has 25 heavy (non-hydrogen) atoms. The van der Waals surface area contributed by atoms with Crippen LogP contribution in [0.5, 0.6) is 5.75 Å². The number of nitrogens with one attached hydrogen (secondary N) is 2. The maximum atomic E-state index is 12.4. The number of hydrogen-bond donors (Lipinski definition) is 2. The average molecular weight is 381 g/mol. The Labute approximate surface area is 151 Å². The van der Waals surface area contributed by atoms with Gasteiger partial charge in [-0.2, -0.15) is 0 Å².